The van der Waals surface area contributed by atoms with E-state index in [-0.39, 0.29) is 5.41 Å². The number of rotatable bonds is 5. The van der Waals surface area contributed by atoms with E-state index in [4.69, 9.17) is 4.42 Å². The van der Waals surface area contributed by atoms with Crippen LogP contribution in [0.4, 0.5) is 0 Å². The fourth-order valence-electron chi connectivity index (χ4n) is 3.10. The quantitative estimate of drug-likeness (QED) is 0.360. The van der Waals surface area contributed by atoms with Crippen LogP contribution in [0.25, 0.3) is 17.3 Å². The molecule has 5 heteroatoms. The number of hydrogen-bond acceptors (Lipinski definition) is 4. The van der Waals surface area contributed by atoms with E-state index >= 15 is 0 Å². The first-order chi connectivity index (χ1) is 13.9. The Morgan fingerprint density at radius 3 is 2.28 bits per heavy atom. The van der Waals surface area contributed by atoms with Crippen LogP contribution in [0, 0.1) is 6.92 Å². The van der Waals surface area contributed by atoms with Crippen LogP contribution in [0.3, 0.4) is 0 Å². The van der Waals surface area contributed by atoms with Gasteiger partial charge in [-0.2, -0.15) is 0 Å². The Balaban J connectivity index is 1.63. The fraction of sp³-hybridized carbons (Fsp3) is 0.250. The van der Waals surface area contributed by atoms with Gasteiger partial charge in [-0.25, -0.2) is 0 Å². The smallest absolute Gasteiger partial charge is 0.205 e. The van der Waals surface area contributed by atoms with Crippen molar-refractivity contribution in [2.75, 3.05) is 0 Å². The maximum Gasteiger partial charge on any atom is 0.205 e. The van der Waals surface area contributed by atoms with E-state index in [0.29, 0.717) is 11.6 Å². The maximum atomic E-state index is 5.59. The Morgan fingerprint density at radius 1 is 0.931 bits per heavy atom. The molecule has 4 aromatic rings. The molecule has 4 nitrogen and oxygen atoms in total. The summed E-state index contributed by atoms with van der Waals surface area (Å²) in [6.07, 6.45) is 1.66. The van der Waals surface area contributed by atoms with Crippen molar-refractivity contribution >= 4 is 11.8 Å². The molecule has 2 aromatic heterocycles. The minimum absolute atomic E-state index is 0.162. The zero-order valence-corrected chi connectivity index (χ0v) is 18.0. The third kappa shape index (κ3) is 4.30. The van der Waals surface area contributed by atoms with Crippen LogP contribution in [-0.2, 0) is 11.2 Å². The topological polar surface area (TPSA) is 43.9 Å². The lowest BCUT2D eigenvalue weighted by Gasteiger charge is -2.19. The molecule has 2 aromatic carbocycles. The van der Waals surface area contributed by atoms with E-state index in [2.05, 4.69) is 91.0 Å². The van der Waals surface area contributed by atoms with Crippen LogP contribution < -0.4 is 0 Å². The van der Waals surface area contributed by atoms with Crippen molar-refractivity contribution in [3.8, 4) is 17.3 Å². The summed E-state index contributed by atoms with van der Waals surface area (Å²) >= 11 is 1.68. The predicted octanol–water partition coefficient (Wildman–Crippen LogP) is 6.43. The Bertz CT molecular complexity index is 1070. The molecule has 0 N–H and O–H groups in total. The van der Waals surface area contributed by atoms with Gasteiger partial charge >= 0.3 is 0 Å². The zero-order chi connectivity index (χ0) is 20.4. The van der Waals surface area contributed by atoms with Crippen molar-refractivity contribution < 1.29 is 4.42 Å². The second-order valence-electron chi connectivity index (χ2n) is 8.19. The first kappa shape index (κ1) is 19.5. The summed E-state index contributed by atoms with van der Waals surface area (Å²) in [6, 6.07) is 21.0. The number of nitrogens with zero attached hydrogens (tertiary/aromatic N) is 3. The lowest BCUT2D eigenvalue weighted by atomic mass is 9.87. The Labute approximate surface area is 176 Å². The number of aromatic nitrogens is 3. The molecule has 0 fully saturated rings. The second kappa shape index (κ2) is 7.91. The van der Waals surface area contributed by atoms with Gasteiger partial charge in [-0.1, -0.05) is 74.5 Å². The highest BCUT2D eigenvalue weighted by atomic mass is 32.2. The van der Waals surface area contributed by atoms with Gasteiger partial charge in [-0.05, 0) is 47.7 Å². The molecular weight excluding hydrogens is 378 g/mol. The molecule has 0 aliphatic carbocycles. The highest BCUT2D eigenvalue weighted by Gasteiger charge is 2.18. The third-order valence-corrected chi connectivity index (χ3v) is 5.86. The Kier molecular flexibility index (Phi) is 5.33. The molecule has 0 bridgehead atoms. The fourth-order valence-corrected chi connectivity index (χ4v) is 4.01. The van der Waals surface area contributed by atoms with Gasteiger partial charge in [0.05, 0.1) is 6.26 Å². The van der Waals surface area contributed by atoms with Crippen molar-refractivity contribution in [2.45, 2.75) is 44.0 Å². The van der Waals surface area contributed by atoms with Crippen LogP contribution in [0.1, 0.15) is 37.5 Å². The lowest BCUT2D eigenvalue weighted by Crippen LogP contribution is -2.10. The van der Waals surface area contributed by atoms with E-state index in [9.17, 15) is 0 Å². The summed E-state index contributed by atoms with van der Waals surface area (Å²) in [5.41, 5.74) is 5.01. The number of hydrogen-bond donors (Lipinski definition) is 0. The van der Waals surface area contributed by atoms with E-state index in [0.717, 1.165) is 16.6 Å². The molecule has 0 aliphatic rings. The molecule has 4 rings (SSSR count). The maximum absolute atomic E-state index is 5.59. The number of aryl methyl sites for hydroxylation is 1. The van der Waals surface area contributed by atoms with Crippen LogP contribution in [0.5, 0.6) is 0 Å². The summed E-state index contributed by atoms with van der Waals surface area (Å²) < 4.78 is 7.66. The molecule has 148 valence electrons. The third-order valence-electron chi connectivity index (χ3n) is 4.85. The van der Waals surface area contributed by atoms with Gasteiger partial charge in [0.2, 0.25) is 5.82 Å². The van der Waals surface area contributed by atoms with Crippen molar-refractivity contribution in [3.63, 3.8) is 0 Å². The highest BCUT2D eigenvalue weighted by Crippen LogP contribution is 2.30. The molecule has 0 saturated carbocycles. The normalized spacial score (nSPS) is 11.7. The zero-order valence-electron chi connectivity index (χ0n) is 17.2. The molecule has 0 aliphatic heterocycles. The van der Waals surface area contributed by atoms with Gasteiger partial charge < -0.3 is 4.42 Å². The summed E-state index contributed by atoms with van der Waals surface area (Å²) in [4.78, 5) is 0. The first-order valence-electron chi connectivity index (χ1n) is 9.70. The van der Waals surface area contributed by atoms with Crippen LogP contribution in [-0.4, -0.2) is 14.8 Å². The van der Waals surface area contributed by atoms with Crippen molar-refractivity contribution in [2.24, 2.45) is 0 Å². The molecule has 2 heterocycles. The van der Waals surface area contributed by atoms with Gasteiger partial charge in [0, 0.05) is 11.4 Å². The van der Waals surface area contributed by atoms with Crippen LogP contribution >= 0.6 is 11.8 Å². The van der Waals surface area contributed by atoms with Gasteiger partial charge in [-0.3, -0.25) is 4.57 Å². The van der Waals surface area contributed by atoms with Gasteiger partial charge in [0.25, 0.3) is 0 Å². The van der Waals surface area contributed by atoms with E-state index in [1.54, 1.807) is 18.0 Å². The van der Waals surface area contributed by atoms with Crippen LogP contribution in [0.15, 0.2) is 76.5 Å². The van der Waals surface area contributed by atoms with E-state index in [1.165, 1.54) is 16.7 Å². The van der Waals surface area contributed by atoms with E-state index < -0.39 is 0 Å². The monoisotopic (exact) mass is 403 g/mol. The van der Waals surface area contributed by atoms with Crippen molar-refractivity contribution in [1.29, 1.82) is 0 Å². The Hall–Kier alpha value is -2.79. The summed E-state index contributed by atoms with van der Waals surface area (Å²) in [5, 5.41) is 9.72. The molecule has 0 radical (unpaired) electrons. The Morgan fingerprint density at radius 2 is 1.66 bits per heavy atom. The average molecular weight is 404 g/mol. The van der Waals surface area contributed by atoms with Gasteiger partial charge in [0.1, 0.15) is 0 Å². The van der Waals surface area contributed by atoms with Gasteiger partial charge in [0.15, 0.2) is 10.9 Å². The number of benzene rings is 2. The highest BCUT2D eigenvalue weighted by molar-refractivity contribution is 7.98. The first-order valence-corrected chi connectivity index (χ1v) is 10.7. The van der Waals surface area contributed by atoms with Gasteiger partial charge in [-0.15, -0.1) is 10.2 Å². The summed E-state index contributed by atoms with van der Waals surface area (Å²) in [6.45, 7) is 8.78. The predicted molar refractivity (Wildman–Crippen MR) is 119 cm³/mol. The van der Waals surface area contributed by atoms with Crippen molar-refractivity contribution in [1.82, 2.24) is 14.8 Å². The second-order valence-corrected chi connectivity index (χ2v) is 9.13. The van der Waals surface area contributed by atoms with Crippen LogP contribution in [0.2, 0.25) is 0 Å². The summed E-state index contributed by atoms with van der Waals surface area (Å²) in [7, 11) is 0. The van der Waals surface area contributed by atoms with Crippen molar-refractivity contribution in [3.05, 3.63) is 83.6 Å². The lowest BCUT2D eigenvalue weighted by molar-refractivity contribution is 0.575. The number of furan rings is 1. The summed E-state index contributed by atoms with van der Waals surface area (Å²) in [5.74, 6) is 2.25. The molecule has 29 heavy (non-hydrogen) atoms. The van der Waals surface area contributed by atoms with E-state index in [1.807, 2.05) is 12.1 Å². The largest absolute Gasteiger partial charge is 0.461 e. The standard InChI is InChI=1S/C24H25N3OS/c1-17-7-13-20(14-8-17)27-22(21-6-5-15-28-21)25-26-23(27)29-16-18-9-11-19(12-10-18)24(2,3)4/h5-15H,16H2,1-4H3. The average Bonchev–Trinajstić information content (AvgIpc) is 3.36. The minimum Gasteiger partial charge on any atom is -0.461 e. The number of thioether (sulfide) groups is 1. The molecule has 0 saturated heterocycles. The molecule has 0 spiro atoms. The minimum atomic E-state index is 0.162. The SMILES string of the molecule is Cc1ccc(-n2c(SCc3ccc(C(C)(C)C)cc3)nnc2-c2ccco2)cc1. The molecule has 0 unspecified atom stereocenters. The molecule has 0 atom stereocenters. The molecular formula is C24H25N3OS. The molecule has 0 amide bonds.